The summed E-state index contributed by atoms with van der Waals surface area (Å²) in [6, 6.07) is 0. The third-order valence-electron chi connectivity index (χ3n) is 1.95. The van der Waals surface area contributed by atoms with Crippen LogP contribution in [0.15, 0.2) is 0 Å². The predicted molar refractivity (Wildman–Crippen MR) is 31.8 cm³/mol. The number of hydrogen-bond acceptors (Lipinski definition) is 5. The Bertz CT molecular complexity index is 168. The van der Waals surface area contributed by atoms with E-state index < -0.39 is 18.0 Å². The van der Waals surface area contributed by atoms with Crippen LogP contribution in [0.1, 0.15) is 0 Å². The van der Waals surface area contributed by atoms with Gasteiger partial charge in [-0.25, -0.2) is 0 Å². The molecule has 5 nitrogen and oxygen atoms in total. The second-order valence-corrected chi connectivity index (χ2v) is 2.83. The molecule has 0 aromatic heterocycles. The lowest BCUT2D eigenvalue weighted by Gasteiger charge is -2.18. The van der Waals surface area contributed by atoms with Crippen molar-refractivity contribution in [1.82, 2.24) is 0 Å². The van der Waals surface area contributed by atoms with Gasteiger partial charge in [-0.2, -0.15) is 0 Å². The van der Waals surface area contributed by atoms with Gasteiger partial charge in [0.1, 0.15) is 18.8 Å². The average molecular weight is 161 g/mol. The maximum Gasteiger partial charge on any atom is 0.216 e. The summed E-state index contributed by atoms with van der Waals surface area (Å²) in [5.41, 5.74) is 0. The van der Waals surface area contributed by atoms with Crippen molar-refractivity contribution in [3.63, 3.8) is 0 Å². The van der Waals surface area contributed by atoms with E-state index in [1.54, 1.807) is 0 Å². The Morgan fingerprint density at radius 1 is 1.36 bits per heavy atom. The van der Waals surface area contributed by atoms with Gasteiger partial charge in [0.15, 0.2) is 6.10 Å². The Kier molecular flexibility index (Phi) is 1.45. The summed E-state index contributed by atoms with van der Waals surface area (Å²) in [6.45, 7) is -0.190. The van der Waals surface area contributed by atoms with Crippen LogP contribution in [0.3, 0.4) is 0 Å². The molecule has 11 heavy (non-hydrogen) atoms. The van der Waals surface area contributed by atoms with E-state index in [0.717, 1.165) is 0 Å². The largest absolute Gasteiger partial charge is 0.381 e. The van der Waals surface area contributed by atoms with Gasteiger partial charge in [0, 0.05) is 0 Å². The van der Waals surface area contributed by atoms with Crippen LogP contribution in [0.5, 0.6) is 0 Å². The van der Waals surface area contributed by atoms with Gasteiger partial charge in [0.05, 0.1) is 6.61 Å². The second-order valence-electron chi connectivity index (χ2n) is 2.83. The molecule has 2 fully saturated rings. The van der Waals surface area contributed by atoms with E-state index in [-0.39, 0.29) is 19.3 Å². The standard InChI is InChI=1S/C6H9O5/c7-3-1-10-5-4(3)11-2-6(5,8)9/h4-5,7-9H,1-2H2/t4-,5+/m1/s1. The van der Waals surface area contributed by atoms with Gasteiger partial charge in [-0.15, -0.1) is 0 Å². The van der Waals surface area contributed by atoms with Crippen molar-refractivity contribution in [3.05, 3.63) is 6.10 Å². The first-order valence-electron chi connectivity index (χ1n) is 3.34. The molecule has 5 heteroatoms. The highest BCUT2D eigenvalue weighted by Crippen LogP contribution is 2.35. The van der Waals surface area contributed by atoms with Crippen LogP contribution in [-0.4, -0.2) is 46.5 Å². The highest BCUT2D eigenvalue weighted by atomic mass is 16.7. The van der Waals surface area contributed by atoms with Gasteiger partial charge in [0.2, 0.25) is 5.79 Å². The molecule has 0 unspecified atom stereocenters. The maximum absolute atomic E-state index is 9.16. The summed E-state index contributed by atoms with van der Waals surface area (Å²) in [5, 5.41) is 27.4. The molecular formula is C6H9O5. The lowest BCUT2D eigenvalue weighted by Crippen LogP contribution is -2.42. The number of ether oxygens (including phenoxy) is 2. The third kappa shape index (κ3) is 0.969. The van der Waals surface area contributed by atoms with E-state index >= 15 is 0 Å². The Morgan fingerprint density at radius 3 is 2.73 bits per heavy atom. The normalized spacial score (nSPS) is 42.8. The zero-order chi connectivity index (χ0) is 8.06. The minimum absolute atomic E-state index is 0.0260. The van der Waals surface area contributed by atoms with E-state index in [0.29, 0.717) is 0 Å². The first kappa shape index (κ1) is 7.45. The van der Waals surface area contributed by atoms with E-state index in [1.807, 2.05) is 0 Å². The van der Waals surface area contributed by atoms with Crippen LogP contribution >= 0.6 is 0 Å². The van der Waals surface area contributed by atoms with Gasteiger partial charge >= 0.3 is 0 Å². The molecule has 63 valence electrons. The van der Waals surface area contributed by atoms with Crippen LogP contribution in [0, 0.1) is 6.10 Å². The quantitative estimate of drug-likeness (QED) is 0.372. The summed E-state index contributed by atoms with van der Waals surface area (Å²) in [5.74, 6) is -1.95. The van der Waals surface area contributed by atoms with Crippen LogP contribution in [0.4, 0.5) is 0 Å². The SMILES string of the molecule is O[C]1CO[C@H]2[C@@H]1OCC2(O)O. The first-order valence-corrected chi connectivity index (χ1v) is 3.34. The predicted octanol–water partition coefficient (Wildman–Crippen LogP) is -1.63. The molecule has 2 heterocycles. The monoisotopic (exact) mass is 161 g/mol. The van der Waals surface area contributed by atoms with Crippen molar-refractivity contribution < 1.29 is 24.8 Å². The Hall–Kier alpha value is -0.200. The topological polar surface area (TPSA) is 79.2 Å². The summed E-state index contributed by atoms with van der Waals surface area (Å²) in [4.78, 5) is 0. The Labute approximate surface area is 63.2 Å². The van der Waals surface area contributed by atoms with Crippen LogP contribution < -0.4 is 0 Å². The van der Waals surface area contributed by atoms with Crippen molar-refractivity contribution in [2.75, 3.05) is 13.2 Å². The molecule has 2 aliphatic heterocycles. The van der Waals surface area contributed by atoms with E-state index in [9.17, 15) is 0 Å². The zero-order valence-corrected chi connectivity index (χ0v) is 5.73. The summed E-state index contributed by atoms with van der Waals surface area (Å²) in [6.07, 6.45) is -1.47. The molecule has 0 bridgehead atoms. The molecule has 0 aromatic rings. The molecule has 2 atom stereocenters. The van der Waals surface area contributed by atoms with Gasteiger partial charge in [-0.1, -0.05) is 0 Å². The molecule has 0 spiro atoms. The fourth-order valence-electron chi connectivity index (χ4n) is 1.37. The number of fused-ring (bicyclic) bond motifs is 1. The first-order chi connectivity index (χ1) is 5.11. The van der Waals surface area contributed by atoms with Crippen LogP contribution in [0.2, 0.25) is 0 Å². The van der Waals surface area contributed by atoms with Crippen molar-refractivity contribution in [2.24, 2.45) is 0 Å². The lowest BCUT2D eigenvalue weighted by atomic mass is 10.1. The Morgan fingerprint density at radius 2 is 2.09 bits per heavy atom. The van der Waals surface area contributed by atoms with Crippen LogP contribution in [-0.2, 0) is 9.47 Å². The minimum atomic E-state index is -1.95. The number of rotatable bonds is 0. The van der Waals surface area contributed by atoms with Gasteiger partial charge in [-0.05, 0) is 0 Å². The fraction of sp³-hybridized carbons (Fsp3) is 0.833. The molecule has 0 amide bonds. The van der Waals surface area contributed by atoms with Crippen molar-refractivity contribution in [3.8, 4) is 0 Å². The highest BCUT2D eigenvalue weighted by Gasteiger charge is 2.55. The van der Waals surface area contributed by atoms with Gasteiger partial charge in [0.25, 0.3) is 0 Å². The maximum atomic E-state index is 9.16. The lowest BCUT2D eigenvalue weighted by molar-refractivity contribution is -0.210. The van der Waals surface area contributed by atoms with Gasteiger partial charge in [-0.3, -0.25) is 0 Å². The molecule has 0 aromatic carbocycles. The Balaban J connectivity index is 2.17. The summed E-state index contributed by atoms with van der Waals surface area (Å²) in [7, 11) is 0. The third-order valence-corrected chi connectivity index (χ3v) is 1.95. The number of aliphatic hydroxyl groups excluding tert-OH is 1. The number of aliphatic hydroxyl groups is 3. The molecule has 3 N–H and O–H groups in total. The molecular weight excluding hydrogens is 152 g/mol. The smallest absolute Gasteiger partial charge is 0.216 e. The number of hydrogen-bond donors (Lipinski definition) is 3. The minimum Gasteiger partial charge on any atom is -0.381 e. The average Bonchev–Trinajstić information content (AvgIpc) is 2.39. The van der Waals surface area contributed by atoms with Crippen molar-refractivity contribution >= 4 is 0 Å². The van der Waals surface area contributed by atoms with Crippen molar-refractivity contribution in [2.45, 2.75) is 18.0 Å². The van der Waals surface area contributed by atoms with Crippen LogP contribution in [0.25, 0.3) is 0 Å². The molecule has 2 aliphatic rings. The van der Waals surface area contributed by atoms with E-state index in [1.165, 1.54) is 0 Å². The van der Waals surface area contributed by atoms with Gasteiger partial charge < -0.3 is 24.8 Å². The fourth-order valence-corrected chi connectivity index (χ4v) is 1.37. The molecule has 1 radical (unpaired) electrons. The molecule has 2 saturated heterocycles. The van der Waals surface area contributed by atoms with E-state index in [4.69, 9.17) is 24.8 Å². The summed E-state index contributed by atoms with van der Waals surface area (Å²) < 4.78 is 9.78. The molecule has 2 rings (SSSR count). The van der Waals surface area contributed by atoms with E-state index in [2.05, 4.69) is 0 Å². The highest BCUT2D eigenvalue weighted by molar-refractivity contribution is 5.06. The molecule has 0 aliphatic carbocycles. The summed E-state index contributed by atoms with van der Waals surface area (Å²) >= 11 is 0. The molecule has 0 saturated carbocycles. The second kappa shape index (κ2) is 2.15. The zero-order valence-electron chi connectivity index (χ0n) is 5.73. The van der Waals surface area contributed by atoms with Crippen molar-refractivity contribution in [1.29, 1.82) is 0 Å².